The van der Waals surface area contributed by atoms with Crippen molar-refractivity contribution in [2.45, 2.75) is 11.8 Å². The van der Waals surface area contributed by atoms with Gasteiger partial charge in [-0.25, -0.2) is 0 Å². The van der Waals surface area contributed by atoms with Crippen LogP contribution in [0, 0.1) is 5.92 Å². The Labute approximate surface area is 104 Å². The molecule has 0 saturated carbocycles. The van der Waals surface area contributed by atoms with Crippen molar-refractivity contribution >= 4 is 46.6 Å². The highest BCUT2D eigenvalue weighted by Gasteiger charge is 2.05. The normalized spacial score (nSPS) is 12.9. The Hall–Kier alpha value is 0.440. The molecule has 0 N–H and O–H groups in total. The Balaban J connectivity index is 2.62. The van der Waals surface area contributed by atoms with Crippen LogP contribution < -0.4 is 0 Å². The van der Waals surface area contributed by atoms with Gasteiger partial charge in [0, 0.05) is 21.6 Å². The van der Waals surface area contributed by atoms with E-state index in [4.69, 9.17) is 34.8 Å². The number of rotatable bonds is 4. The Morgan fingerprint density at radius 2 is 2.07 bits per heavy atom. The molecule has 0 spiro atoms. The lowest BCUT2D eigenvalue weighted by molar-refractivity contribution is 0.759. The fourth-order valence-electron chi connectivity index (χ4n) is 0.864. The number of hydrogen-bond acceptors (Lipinski definition) is 1. The van der Waals surface area contributed by atoms with Crippen LogP contribution in [0.4, 0.5) is 0 Å². The van der Waals surface area contributed by atoms with Crippen LogP contribution in [0.15, 0.2) is 23.1 Å². The summed E-state index contributed by atoms with van der Waals surface area (Å²) in [5.74, 6) is 2.12. The fraction of sp³-hybridized carbons (Fsp3) is 0.400. The van der Waals surface area contributed by atoms with Gasteiger partial charge in [0.15, 0.2) is 0 Å². The monoisotopic (exact) mass is 268 g/mol. The molecule has 1 atom stereocenters. The minimum absolute atomic E-state index is 0.483. The second-order valence-electron chi connectivity index (χ2n) is 3.15. The Morgan fingerprint density at radius 1 is 1.36 bits per heavy atom. The van der Waals surface area contributed by atoms with Crippen molar-refractivity contribution < 1.29 is 0 Å². The molecule has 0 aliphatic heterocycles. The van der Waals surface area contributed by atoms with Crippen molar-refractivity contribution in [3.63, 3.8) is 0 Å². The van der Waals surface area contributed by atoms with Crippen molar-refractivity contribution in [1.29, 1.82) is 0 Å². The molecule has 0 nitrogen and oxygen atoms in total. The van der Waals surface area contributed by atoms with Gasteiger partial charge < -0.3 is 0 Å². The van der Waals surface area contributed by atoms with E-state index in [0.29, 0.717) is 11.8 Å². The van der Waals surface area contributed by atoms with Gasteiger partial charge in [0.25, 0.3) is 0 Å². The summed E-state index contributed by atoms with van der Waals surface area (Å²) < 4.78 is 0. The van der Waals surface area contributed by atoms with E-state index in [1.807, 2.05) is 12.1 Å². The Bertz CT molecular complexity index is 301. The summed E-state index contributed by atoms with van der Waals surface area (Å²) in [6.45, 7) is 2.11. The zero-order valence-electron chi connectivity index (χ0n) is 7.77. The van der Waals surface area contributed by atoms with E-state index in [2.05, 4.69) is 6.92 Å². The first-order valence-corrected chi connectivity index (χ1v) is 6.55. The minimum atomic E-state index is 0.483. The van der Waals surface area contributed by atoms with E-state index in [1.165, 1.54) is 0 Å². The van der Waals surface area contributed by atoms with E-state index in [0.717, 1.165) is 20.7 Å². The molecule has 1 unspecified atom stereocenters. The Kier molecular flexibility index (Phi) is 5.47. The molecule has 0 aromatic heterocycles. The maximum Gasteiger partial charge on any atom is 0.0542 e. The molecule has 0 aliphatic rings. The fourth-order valence-corrected chi connectivity index (χ4v) is 2.62. The van der Waals surface area contributed by atoms with Crippen LogP contribution in [0.1, 0.15) is 6.92 Å². The summed E-state index contributed by atoms with van der Waals surface area (Å²) in [6.07, 6.45) is 0. The molecular formula is C10H11Cl3S. The third kappa shape index (κ3) is 3.90. The molecule has 0 aliphatic carbocycles. The molecular weight excluding hydrogens is 259 g/mol. The Morgan fingerprint density at radius 3 is 2.71 bits per heavy atom. The lowest BCUT2D eigenvalue weighted by atomic mass is 10.3. The van der Waals surface area contributed by atoms with Gasteiger partial charge in [0.05, 0.1) is 5.02 Å². The first kappa shape index (κ1) is 12.5. The van der Waals surface area contributed by atoms with Crippen molar-refractivity contribution in [2.75, 3.05) is 11.6 Å². The van der Waals surface area contributed by atoms with Crippen LogP contribution in [-0.2, 0) is 0 Å². The highest BCUT2D eigenvalue weighted by atomic mass is 35.5. The van der Waals surface area contributed by atoms with Crippen molar-refractivity contribution in [2.24, 2.45) is 5.92 Å². The summed E-state index contributed by atoms with van der Waals surface area (Å²) in [5, 5.41) is 1.47. The maximum atomic E-state index is 6.01. The topological polar surface area (TPSA) is 0 Å². The smallest absolute Gasteiger partial charge is 0.0542 e. The van der Waals surface area contributed by atoms with Gasteiger partial charge in [0.1, 0.15) is 0 Å². The zero-order chi connectivity index (χ0) is 10.6. The number of halogens is 3. The average molecular weight is 270 g/mol. The van der Waals surface area contributed by atoms with Crippen LogP contribution in [0.2, 0.25) is 10.0 Å². The van der Waals surface area contributed by atoms with Gasteiger partial charge in [-0.15, -0.1) is 23.4 Å². The quantitative estimate of drug-likeness (QED) is 0.550. The predicted molar refractivity (Wildman–Crippen MR) is 67.1 cm³/mol. The van der Waals surface area contributed by atoms with E-state index < -0.39 is 0 Å². The highest BCUT2D eigenvalue weighted by Crippen LogP contribution is 2.31. The molecule has 1 aromatic rings. The van der Waals surface area contributed by atoms with E-state index in [1.54, 1.807) is 17.8 Å². The maximum absolute atomic E-state index is 6.01. The number of alkyl halides is 1. The number of benzene rings is 1. The summed E-state index contributed by atoms with van der Waals surface area (Å²) in [7, 11) is 0. The third-order valence-electron chi connectivity index (χ3n) is 1.68. The molecule has 1 aromatic carbocycles. The molecule has 0 saturated heterocycles. The SMILES string of the molecule is CC(CCl)CSc1cc(Cl)ccc1Cl. The van der Waals surface area contributed by atoms with Crippen LogP contribution >= 0.6 is 46.6 Å². The van der Waals surface area contributed by atoms with Gasteiger partial charge in [-0.05, 0) is 24.1 Å². The van der Waals surface area contributed by atoms with Gasteiger partial charge >= 0.3 is 0 Å². The van der Waals surface area contributed by atoms with Gasteiger partial charge in [-0.3, -0.25) is 0 Å². The molecule has 78 valence electrons. The first-order chi connectivity index (χ1) is 6.63. The number of hydrogen-bond donors (Lipinski definition) is 0. The van der Waals surface area contributed by atoms with E-state index >= 15 is 0 Å². The van der Waals surface area contributed by atoms with E-state index in [-0.39, 0.29) is 0 Å². The molecule has 0 radical (unpaired) electrons. The zero-order valence-corrected chi connectivity index (χ0v) is 10.9. The van der Waals surface area contributed by atoms with E-state index in [9.17, 15) is 0 Å². The molecule has 0 amide bonds. The molecule has 0 fully saturated rings. The number of thioether (sulfide) groups is 1. The molecule has 1 rings (SSSR count). The predicted octanol–water partition coefficient (Wildman–Crippen LogP) is 4.96. The first-order valence-electron chi connectivity index (χ1n) is 4.27. The molecule has 0 bridgehead atoms. The largest absolute Gasteiger partial charge is 0.126 e. The molecule has 14 heavy (non-hydrogen) atoms. The van der Waals surface area contributed by atoms with Crippen LogP contribution in [0.5, 0.6) is 0 Å². The van der Waals surface area contributed by atoms with Gasteiger partial charge in [0.2, 0.25) is 0 Å². The minimum Gasteiger partial charge on any atom is -0.126 e. The summed E-state index contributed by atoms with van der Waals surface area (Å²) in [6, 6.07) is 5.49. The highest BCUT2D eigenvalue weighted by molar-refractivity contribution is 7.99. The molecule has 4 heteroatoms. The van der Waals surface area contributed by atoms with Crippen molar-refractivity contribution in [1.82, 2.24) is 0 Å². The van der Waals surface area contributed by atoms with Gasteiger partial charge in [-0.2, -0.15) is 0 Å². The van der Waals surface area contributed by atoms with Crippen molar-refractivity contribution in [3.05, 3.63) is 28.2 Å². The summed E-state index contributed by atoms with van der Waals surface area (Å²) >= 11 is 19.3. The molecule has 0 heterocycles. The van der Waals surface area contributed by atoms with Gasteiger partial charge in [-0.1, -0.05) is 30.1 Å². The van der Waals surface area contributed by atoms with Crippen LogP contribution in [0.25, 0.3) is 0 Å². The second kappa shape index (κ2) is 6.12. The van der Waals surface area contributed by atoms with Crippen molar-refractivity contribution in [3.8, 4) is 0 Å². The third-order valence-corrected chi connectivity index (χ3v) is 4.27. The lowest BCUT2D eigenvalue weighted by Crippen LogP contribution is -1.98. The summed E-state index contributed by atoms with van der Waals surface area (Å²) in [4.78, 5) is 1.02. The van der Waals surface area contributed by atoms with Crippen LogP contribution in [0.3, 0.4) is 0 Å². The average Bonchev–Trinajstić information content (AvgIpc) is 2.19. The van der Waals surface area contributed by atoms with Crippen LogP contribution in [-0.4, -0.2) is 11.6 Å². The lowest BCUT2D eigenvalue weighted by Gasteiger charge is -2.08. The second-order valence-corrected chi connectivity index (χ2v) is 5.36. The summed E-state index contributed by atoms with van der Waals surface area (Å²) in [5.41, 5.74) is 0. The standard InChI is InChI=1S/C10H11Cl3S/c1-7(5-11)6-14-10-4-8(12)2-3-9(10)13/h2-4,7H,5-6H2,1H3.